The molecule has 2 aromatic carbocycles. The maximum Gasteiger partial charge on any atom is 0.243 e. The van der Waals surface area contributed by atoms with E-state index in [4.69, 9.17) is 4.74 Å². The van der Waals surface area contributed by atoms with E-state index in [0.29, 0.717) is 25.6 Å². The van der Waals surface area contributed by atoms with Gasteiger partial charge in [-0.3, -0.25) is 0 Å². The van der Waals surface area contributed by atoms with Crippen molar-refractivity contribution in [2.75, 3.05) is 5.32 Å². The first kappa shape index (κ1) is 16.7. The molecule has 0 saturated carbocycles. The highest BCUT2D eigenvalue weighted by molar-refractivity contribution is 5.31. The van der Waals surface area contributed by atoms with Gasteiger partial charge >= 0.3 is 0 Å². The number of ether oxygens (including phenoxy) is 1. The molecule has 128 valence electrons. The minimum absolute atomic E-state index is 0.564. The van der Waals surface area contributed by atoms with E-state index < -0.39 is 0 Å². The Hall–Kier alpha value is -3.15. The number of benzene rings is 2. The lowest BCUT2D eigenvalue weighted by molar-refractivity contribution is 0.306. The average Bonchev–Trinajstić information content (AvgIpc) is 3.08. The molecule has 1 N–H and O–H groups in total. The number of rotatable bonds is 8. The van der Waals surface area contributed by atoms with Crippen LogP contribution in [0.4, 0.5) is 5.95 Å². The molecule has 0 aliphatic heterocycles. The molecule has 0 amide bonds. The van der Waals surface area contributed by atoms with Crippen LogP contribution in [0.25, 0.3) is 0 Å². The number of aromatic nitrogens is 4. The third-order valence-corrected chi connectivity index (χ3v) is 3.73. The zero-order valence-corrected chi connectivity index (χ0v) is 14.2. The first-order chi connectivity index (χ1) is 12.2. The lowest BCUT2D eigenvalue weighted by Gasteiger charge is -2.09. The number of allylic oxidation sites excluding steroid dienone is 1. The molecule has 0 radical (unpaired) electrons. The van der Waals surface area contributed by atoms with E-state index in [-0.39, 0.29) is 0 Å². The molecule has 0 saturated heterocycles. The van der Waals surface area contributed by atoms with Crippen LogP contribution in [0.3, 0.4) is 0 Å². The fourth-order valence-electron chi connectivity index (χ4n) is 2.31. The van der Waals surface area contributed by atoms with Crippen molar-refractivity contribution in [3.05, 3.63) is 77.9 Å². The molecule has 6 heteroatoms. The predicted octanol–water partition coefficient (Wildman–Crippen LogP) is 3.36. The molecule has 3 aromatic rings. The summed E-state index contributed by atoms with van der Waals surface area (Å²) in [6.07, 6.45) is 1.75. The van der Waals surface area contributed by atoms with Crippen molar-refractivity contribution in [3.8, 4) is 5.75 Å². The zero-order valence-electron chi connectivity index (χ0n) is 14.2. The van der Waals surface area contributed by atoms with Gasteiger partial charge in [0.15, 0.2) is 0 Å². The van der Waals surface area contributed by atoms with Crippen LogP contribution >= 0.6 is 0 Å². The number of tetrazole rings is 1. The third kappa shape index (κ3) is 4.67. The summed E-state index contributed by atoms with van der Waals surface area (Å²) in [4.78, 5) is 0. The first-order valence-corrected chi connectivity index (χ1v) is 8.13. The summed E-state index contributed by atoms with van der Waals surface area (Å²) in [5.74, 6) is 1.47. The third-order valence-electron chi connectivity index (χ3n) is 3.73. The molecule has 0 atom stereocenters. The summed E-state index contributed by atoms with van der Waals surface area (Å²) in [6, 6.07) is 16.3. The molecule has 3 rings (SSSR count). The Morgan fingerprint density at radius 3 is 2.52 bits per heavy atom. The molecule has 0 spiro atoms. The Morgan fingerprint density at radius 2 is 1.80 bits per heavy atom. The van der Waals surface area contributed by atoms with Crippen molar-refractivity contribution in [1.82, 2.24) is 20.2 Å². The smallest absolute Gasteiger partial charge is 0.243 e. The number of nitrogens with one attached hydrogen (secondary N) is 1. The second-order valence-electron chi connectivity index (χ2n) is 5.75. The van der Waals surface area contributed by atoms with Crippen molar-refractivity contribution < 1.29 is 4.74 Å². The van der Waals surface area contributed by atoms with Gasteiger partial charge < -0.3 is 10.1 Å². The Morgan fingerprint density at radius 1 is 1.08 bits per heavy atom. The van der Waals surface area contributed by atoms with Gasteiger partial charge in [-0.1, -0.05) is 53.1 Å². The topological polar surface area (TPSA) is 64.9 Å². The summed E-state index contributed by atoms with van der Waals surface area (Å²) in [6.45, 7) is 7.54. The average molecular weight is 335 g/mol. The van der Waals surface area contributed by atoms with Gasteiger partial charge in [0.25, 0.3) is 0 Å². The Kier molecular flexibility index (Phi) is 5.41. The zero-order chi connectivity index (χ0) is 17.5. The molecule has 1 aromatic heterocycles. The van der Waals surface area contributed by atoms with Gasteiger partial charge in [-0.15, -0.1) is 6.58 Å². The first-order valence-electron chi connectivity index (χ1n) is 8.13. The van der Waals surface area contributed by atoms with Gasteiger partial charge in [0.05, 0.1) is 6.54 Å². The summed E-state index contributed by atoms with van der Waals surface area (Å²) in [5.41, 5.74) is 3.53. The van der Waals surface area contributed by atoms with Crippen LogP contribution in [0.15, 0.2) is 61.2 Å². The van der Waals surface area contributed by atoms with Crippen molar-refractivity contribution in [2.45, 2.75) is 26.6 Å². The maximum atomic E-state index is 5.82. The summed E-state index contributed by atoms with van der Waals surface area (Å²) < 4.78 is 7.48. The molecular formula is C19H21N5O. The molecule has 0 bridgehead atoms. The molecule has 0 aliphatic rings. The van der Waals surface area contributed by atoms with E-state index in [1.165, 1.54) is 5.56 Å². The highest BCUT2D eigenvalue weighted by Crippen LogP contribution is 2.15. The van der Waals surface area contributed by atoms with Crippen LogP contribution < -0.4 is 10.1 Å². The summed E-state index contributed by atoms with van der Waals surface area (Å²) in [7, 11) is 0. The maximum absolute atomic E-state index is 5.82. The Bertz CT molecular complexity index is 809. The highest BCUT2D eigenvalue weighted by atomic mass is 16.5. The van der Waals surface area contributed by atoms with Gasteiger partial charge in [0.1, 0.15) is 12.4 Å². The van der Waals surface area contributed by atoms with Crippen LogP contribution in [0.1, 0.15) is 16.7 Å². The lowest BCUT2D eigenvalue weighted by Crippen LogP contribution is -2.08. The Labute approximate surface area is 147 Å². The van der Waals surface area contributed by atoms with E-state index in [9.17, 15) is 0 Å². The molecule has 0 unspecified atom stereocenters. The summed E-state index contributed by atoms with van der Waals surface area (Å²) >= 11 is 0. The van der Waals surface area contributed by atoms with Gasteiger partial charge in [-0.25, -0.2) is 4.68 Å². The SMILES string of the molecule is C=CCn1nnnc1NCc1ccc(OCc2ccc(C)cc2)cc1. The number of hydrogen-bond acceptors (Lipinski definition) is 5. The molecule has 6 nitrogen and oxygen atoms in total. The standard InChI is InChI=1S/C19H21N5O/c1-3-12-24-19(21-22-23-24)20-13-16-8-10-18(11-9-16)25-14-17-6-4-15(2)5-7-17/h3-11H,1,12-14H2,2H3,(H,20,21,23). The molecular weight excluding hydrogens is 314 g/mol. The van der Waals surface area contributed by atoms with Gasteiger partial charge in [-0.2, -0.15) is 0 Å². The van der Waals surface area contributed by atoms with E-state index in [1.54, 1.807) is 10.8 Å². The lowest BCUT2D eigenvalue weighted by atomic mass is 10.2. The highest BCUT2D eigenvalue weighted by Gasteiger charge is 2.04. The number of aryl methyl sites for hydroxylation is 1. The minimum atomic E-state index is 0.564. The van der Waals surface area contributed by atoms with Gasteiger partial charge in [-0.05, 0) is 40.6 Å². The van der Waals surface area contributed by atoms with Crippen LogP contribution in [-0.4, -0.2) is 20.2 Å². The second-order valence-corrected chi connectivity index (χ2v) is 5.75. The van der Waals surface area contributed by atoms with Crippen LogP contribution in [0.2, 0.25) is 0 Å². The largest absolute Gasteiger partial charge is 0.489 e. The van der Waals surface area contributed by atoms with Crippen LogP contribution in [0.5, 0.6) is 5.75 Å². The molecule has 25 heavy (non-hydrogen) atoms. The number of hydrogen-bond donors (Lipinski definition) is 1. The molecule has 1 heterocycles. The van der Waals surface area contributed by atoms with Crippen LogP contribution in [-0.2, 0) is 19.7 Å². The van der Waals surface area contributed by atoms with Crippen LogP contribution in [0, 0.1) is 6.92 Å². The fourth-order valence-corrected chi connectivity index (χ4v) is 2.31. The summed E-state index contributed by atoms with van der Waals surface area (Å²) in [5, 5.41) is 14.7. The monoisotopic (exact) mass is 335 g/mol. The quantitative estimate of drug-likeness (QED) is 0.640. The van der Waals surface area contributed by atoms with E-state index in [1.807, 2.05) is 24.3 Å². The fraction of sp³-hybridized carbons (Fsp3) is 0.211. The minimum Gasteiger partial charge on any atom is -0.489 e. The van der Waals surface area contributed by atoms with E-state index in [0.717, 1.165) is 16.9 Å². The number of anilines is 1. The van der Waals surface area contributed by atoms with Crippen molar-refractivity contribution in [3.63, 3.8) is 0 Å². The van der Waals surface area contributed by atoms with Crippen molar-refractivity contribution in [2.24, 2.45) is 0 Å². The van der Waals surface area contributed by atoms with E-state index in [2.05, 4.69) is 58.6 Å². The van der Waals surface area contributed by atoms with Crippen molar-refractivity contribution >= 4 is 5.95 Å². The Balaban J connectivity index is 1.52. The van der Waals surface area contributed by atoms with Gasteiger partial charge in [0.2, 0.25) is 5.95 Å². The van der Waals surface area contributed by atoms with Gasteiger partial charge in [0, 0.05) is 6.54 Å². The van der Waals surface area contributed by atoms with E-state index >= 15 is 0 Å². The second kappa shape index (κ2) is 8.10. The number of nitrogens with zero attached hydrogens (tertiary/aromatic N) is 4. The normalized spacial score (nSPS) is 10.4. The van der Waals surface area contributed by atoms with Crippen molar-refractivity contribution in [1.29, 1.82) is 0 Å². The molecule has 0 aliphatic carbocycles. The predicted molar refractivity (Wildman–Crippen MR) is 97.3 cm³/mol. The molecule has 0 fully saturated rings.